The summed E-state index contributed by atoms with van der Waals surface area (Å²) in [6.07, 6.45) is 2.43. The van der Waals surface area contributed by atoms with Crippen molar-refractivity contribution in [3.63, 3.8) is 0 Å². The summed E-state index contributed by atoms with van der Waals surface area (Å²) in [6, 6.07) is 7.94. The first-order valence-electron chi connectivity index (χ1n) is 5.26. The highest BCUT2D eigenvalue weighted by Gasteiger charge is 2.08. The number of benzene rings is 1. The van der Waals surface area contributed by atoms with Crippen LogP contribution in [-0.4, -0.2) is 18.7 Å². The smallest absolute Gasteiger partial charge is 0.224 e. The third kappa shape index (κ3) is 2.66. The number of rotatable bonds is 4. The molecule has 0 saturated heterocycles. The summed E-state index contributed by atoms with van der Waals surface area (Å²) in [5, 5.41) is 1.11. The van der Waals surface area contributed by atoms with E-state index in [1.807, 2.05) is 46.9 Å². The number of nitrogens with one attached hydrogen (secondary N) is 1. The van der Waals surface area contributed by atoms with Gasteiger partial charge < -0.3 is 4.57 Å². The van der Waals surface area contributed by atoms with Crippen LogP contribution < -0.4 is 10.7 Å². The van der Waals surface area contributed by atoms with Crippen LogP contribution in [0.5, 0.6) is 0 Å². The van der Waals surface area contributed by atoms with Gasteiger partial charge in [-0.1, -0.05) is 6.07 Å². The minimum Gasteiger partial charge on any atom is -0.351 e. The Balaban J connectivity index is 2.20. The van der Waals surface area contributed by atoms with Crippen LogP contribution in [-0.2, 0) is 23.5 Å². The maximum absolute atomic E-state index is 11.2. The van der Waals surface area contributed by atoms with Crippen molar-refractivity contribution in [1.82, 2.24) is 9.40 Å². The molecule has 6 heteroatoms. The highest BCUT2D eigenvalue weighted by molar-refractivity contribution is 7.89. The average molecular weight is 253 g/mol. The fourth-order valence-electron chi connectivity index (χ4n) is 1.80. The molecular formula is C11H15N3O2S. The Bertz CT molecular complexity index is 631. The normalized spacial score (nSPS) is 12.1. The van der Waals surface area contributed by atoms with Gasteiger partial charge in [-0.25, -0.2) is 8.42 Å². The van der Waals surface area contributed by atoms with E-state index >= 15 is 0 Å². The van der Waals surface area contributed by atoms with Gasteiger partial charge >= 0.3 is 0 Å². The van der Waals surface area contributed by atoms with E-state index in [2.05, 4.69) is 0 Å². The summed E-state index contributed by atoms with van der Waals surface area (Å²) in [5.74, 6) is 4.92. The highest BCUT2D eigenvalue weighted by atomic mass is 32.2. The minimum absolute atomic E-state index is 0.00183. The van der Waals surface area contributed by atoms with Crippen LogP contribution >= 0.6 is 0 Å². The Labute approximate surface area is 100 Å². The fraction of sp³-hybridized carbons (Fsp3) is 0.273. The SMILES string of the molecule is Cn1ccc2cc(CCS(=O)(=O)NN)ccc21. The lowest BCUT2D eigenvalue weighted by Gasteiger charge is -2.03. The first-order chi connectivity index (χ1) is 8.02. The second kappa shape index (κ2) is 4.48. The third-order valence-corrected chi connectivity index (χ3v) is 3.89. The molecular weight excluding hydrogens is 238 g/mol. The van der Waals surface area contributed by atoms with Crippen molar-refractivity contribution in [3.8, 4) is 0 Å². The van der Waals surface area contributed by atoms with Crippen molar-refractivity contribution >= 4 is 20.9 Å². The lowest BCUT2D eigenvalue weighted by Crippen LogP contribution is -2.33. The van der Waals surface area contributed by atoms with Crippen LogP contribution in [0.3, 0.4) is 0 Å². The van der Waals surface area contributed by atoms with Gasteiger partial charge in [-0.3, -0.25) is 5.84 Å². The molecule has 0 fully saturated rings. The van der Waals surface area contributed by atoms with E-state index in [-0.39, 0.29) is 5.75 Å². The van der Waals surface area contributed by atoms with Gasteiger partial charge in [0, 0.05) is 18.8 Å². The van der Waals surface area contributed by atoms with E-state index in [0.29, 0.717) is 6.42 Å². The van der Waals surface area contributed by atoms with Gasteiger partial charge in [-0.2, -0.15) is 4.83 Å². The van der Waals surface area contributed by atoms with E-state index in [1.165, 1.54) is 0 Å². The zero-order valence-corrected chi connectivity index (χ0v) is 10.4. The molecule has 1 heterocycles. The van der Waals surface area contributed by atoms with Crippen LogP contribution in [0.2, 0.25) is 0 Å². The molecule has 5 nitrogen and oxygen atoms in total. The fourth-order valence-corrected chi connectivity index (χ4v) is 2.42. The Hall–Kier alpha value is -1.37. The van der Waals surface area contributed by atoms with Gasteiger partial charge in [0.1, 0.15) is 0 Å². The van der Waals surface area contributed by atoms with Gasteiger partial charge in [0.05, 0.1) is 5.75 Å². The molecule has 92 valence electrons. The first-order valence-corrected chi connectivity index (χ1v) is 6.91. The molecule has 17 heavy (non-hydrogen) atoms. The monoisotopic (exact) mass is 253 g/mol. The number of hydrogen-bond donors (Lipinski definition) is 2. The summed E-state index contributed by atoms with van der Waals surface area (Å²) in [4.78, 5) is 1.82. The molecule has 0 amide bonds. The van der Waals surface area contributed by atoms with Crippen LogP contribution in [0.1, 0.15) is 5.56 Å². The molecule has 0 aliphatic rings. The van der Waals surface area contributed by atoms with Crippen LogP contribution in [0, 0.1) is 0 Å². The summed E-state index contributed by atoms with van der Waals surface area (Å²) in [6.45, 7) is 0. The van der Waals surface area contributed by atoms with Crippen molar-refractivity contribution in [2.45, 2.75) is 6.42 Å². The number of aromatic nitrogens is 1. The largest absolute Gasteiger partial charge is 0.351 e. The molecule has 0 radical (unpaired) electrons. The van der Waals surface area contributed by atoms with E-state index in [0.717, 1.165) is 16.5 Å². The molecule has 2 aromatic rings. The zero-order chi connectivity index (χ0) is 12.5. The van der Waals surface area contributed by atoms with Gasteiger partial charge in [-0.05, 0) is 35.6 Å². The van der Waals surface area contributed by atoms with E-state index in [1.54, 1.807) is 0 Å². The van der Waals surface area contributed by atoms with Crippen molar-refractivity contribution < 1.29 is 8.42 Å². The van der Waals surface area contributed by atoms with Gasteiger partial charge in [0.25, 0.3) is 0 Å². The number of hydrazine groups is 1. The number of nitrogens with two attached hydrogens (primary N) is 1. The molecule has 0 bridgehead atoms. The molecule has 0 aliphatic carbocycles. The van der Waals surface area contributed by atoms with Crippen LogP contribution in [0.25, 0.3) is 10.9 Å². The number of fused-ring (bicyclic) bond motifs is 1. The second-order valence-electron chi connectivity index (χ2n) is 4.01. The summed E-state index contributed by atoms with van der Waals surface area (Å²) >= 11 is 0. The number of sulfonamides is 1. The summed E-state index contributed by atoms with van der Waals surface area (Å²) < 4.78 is 24.4. The Morgan fingerprint density at radius 1 is 1.35 bits per heavy atom. The highest BCUT2D eigenvalue weighted by Crippen LogP contribution is 2.17. The summed E-state index contributed by atoms with van der Waals surface area (Å²) in [7, 11) is -1.37. The Kier molecular flexibility index (Phi) is 3.19. The molecule has 0 unspecified atom stereocenters. The van der Waals surface area contributed by atoms with Gasteiger partial charge in [0.2, 0.25) is 10.0 Å². The molecule has 0 saturated carbocycles. The minimum atomic E-state index is -3.34. The zero-order valence-electron chi connectivity index (χ0n) is 9.55. The molecule has 1 aromatic heterocycles. The quantitative estimate of drug-likeness (QED) is 0.616. The molecule has 1 aromatic carbocycles. The Morgan fingerprint density at radius 2 is 2.12 bits per heavy atom. The number of aryl methyl sites for hydroxylation is 2. The van der Waals surface area contributed by atoms with Crippen molar-refractivity contribution in [1.29, 1.82) is 0 Å². The first kappa shape index (κ1) is 12.1. The number of hydrogen-bond acceptors (Lipinski definition) is 3. The van der Waals surface area contributed by atoms with Crippen molar-refractivity contribution in [3.05, 3.63) is 36.0 Å². The maximum atomic E-state index is 11.2. The number of nitrogens with zero attached hydrogens (tertiary/aromatic N) is 1. The van der Waals surface area contributed by atoms with Gasteiger partial charge in [0.15, 0.2) is 0 Å². The standard InChI is InChI=1S/C11H15N3O2S/c1-14-6-4-10-8-9(2-3-11(10)14)5-7-17(15,16)13-12/h2-4,6,8,13H,5,7,12H2,1H3. The van der Waals surface area contributed by atoms with E-state index in [9.17, 15) is 8.42 Å². The van der Waals surface area contributed by atoms with Crippen LogP contribution in [0.15, 0.2) is 30.5 Å². The van der Waals surface area contributed by atoms with Crippen molar-refractivity contribution in [2.75, 3.05) is 5.75 Å². The van der Waals surface area contributed by atoms with Gasteiger partial charge in [-0.15, -0.1) is 0 Å². The molecule has 3 N–H and O–H groups in total. The lowest BCUT2D eigenvalue weighted by molar-refractivity contribution is 0.583. The predicted octanol–water partition coefficient (Wildman–Crippen LogP) is 0.514. The third-order valence-electron chi connectivity index (χ3n) is 2.79. The molecule has 0 aliphatic heterocycles. The molecule has 0 spiro atoms. The Morgan fingerprint density at radius 3 is 2.82 bits per heavy atom. The van der Waals surface area contributed by atoms with Crippen LogP contribution in [0.4, 0.5) is 0 Å². The van der Waals surface area contributed by atoms with E-state index < -0.39 is 10.0 Å². The van der Waals surface area contributed by atoms with E-state index in [4.69, 9.17) is 5.84 Å². The second-order valence-corrected chi connectivity index (χ2v) is 5.88. The molecule has 2 rings (SSSR count). The lowest BCUT2D eigenvalue weighted by atomic mass is 10.1. The van der Waals surface area contributed by atoms with Crippen molar-refractivity contribution in [2.24, 2.45) is 12.9 Å². The maximum Gasteiger partial charge on any atom is 0.224 e. The topological polar surface area (TPSA) is 77.1 Å². The molecule has 0 atom stereocenters. The summed E-state index contributed by atoms with van der Waals surface area (Å²) in [5.41, 5.74) is 2.12. The predicted molar refractivity (Wildman–Crippen MR) is 67.7 cm³/mol. The average Bonchev–Trinajstić information content (AvgIpc) is 2.68.